The van der Waals surface area contributed by atoms with Crippen LogP contribution in [0.3, 0.4) is 0 Å². The first-order valence-corrected chi connectivity index (χ1v) is 8.47. The van der Waals surface area contributed by atoms with Gasteiger partial charge in [0.05, 0.1) is 11.7 Å². The Balaban J connectivity index is 1.76. The lowest BCUT2D eigenvalue weighted by Gasteiger charge is -2.22. The number of rotatable bonds is 6. The molecule has 2 unspecified atom stereocenters. The van der Waals surface area contributed by atoms with E-state index in [9.17, 15) is 4.39 Å². The number of benzene rings is 1. The third kappa shape index (κ3) is 3.45. The molecule has 1 aliphatic rings. The van der Waals surface area contributed by atoms with Gasteiger partial charge < -0.3 is 0 Å². The Morgan fingerprint density at radius 2 is 2.08 bits per heavy atom. The van der Waals surface area contributed by atoms with Gasteiger partial charge in [-0.3, -0.25) is 4.99 Å². The topological polar surface area (TPSA) is 43.1 Å². The van der Waals surface area contributed by atoms with Crippen molar-refractivity contribution in [2.24, 2.45) is 4.99 Å². The Morgan fingerprint density at radius 1 is 1.29 bits per heavy atom. The van der Waals surface area contributed by atoms with Gasteiger partial charge in [0.15, 0.2) is 0 Å². The molecule has 0 aliphatic carbocycles. The maximum absolute atomic E-state index is 13.6. The zero-order chi connectivity index (χ0) is 16.9. The van der Waals surface area contributed by atoms with Crippen LogP contribution in [0.15, 0.2) is 47.7 Å². The van der Waals surface area contributed by atoms with E-state index in [0.717, 1.165) is 24.1 Å². The second-order valence-electron chi connectivity index (χ2n) is 6.25. The number of hydrogen-bond donors (Lipinski definition) is 0. The SMILES string of the molecule is CCc1cn([C@H](CF)C(C)c2ccc(C3C=NC=CC3)cc2)nn1. The Morgan fingerprint density at radius 3 is 2.67 bits per heavy atom. The van der Waals surface area contributed by atoms with Gasteiger partial charge in [0, 0.05) is 30.4 Å². The molecule has 4 nitrogen and oxygen atoms in total. The minimum Gasteiger partial charge on any atom is -0.269 e. The highest BCUT2D eigenvalue weighted by atomic mass is 19.1. The summed E-state index contributed by atoms with van der Waals surface area (Å²) in [6.07, 6.45) is 9.52. The lowest BCUT2D eigenvalue weighted by atomic mass is 9.90. The predicted molar refractivity (Wildman–Crippen MR) is 94.3 cm³/mol. The normalized spacial score (nSPS) is 19.4. The number of hydrogen-bond acceptors (Lipinski definition) is 3. The minimum atomic E-state index is -0.463. The molecular formula is C19H23FN4. The van der Waals surface area contributed by atoms with Gasteiger partial charge in [-0.15, -0.1) is 5.10 Å². The summed E-state index contributed by atoms with van der Waals surface area (Å²) in [4.78, 5) is 4.21. The first-order valence-electron chi connectivity index (χ1n) is 8.47. The summed E-state index contributed by atoms with van der Waals surface area (Å²) in [5.41, 5.74) is 3.24. The largest absolute Gasteiger partial charge is 0.269 e. The molecule has 3 atom stereocenters. The van der Waals surface area contributed by atoms with Gasteiger partial charge >= 0.3 is 0 Å². The van der Waals surface area contributed by atoms with Crippen molar-refractivity contribution in [3.8, 4) is 0 Å². The number of aryl methyl sites for hydroxylation is 1. The first kappa shape index (κ1) is 16.6. The van der Waals surface area contributed by atoms with E-state index in [1.165, 1.54) is 5.56 Å². The average Bonchev–Trinajstić information content (AvgIpc) is 3.12. The fourth-order valence-electron chi connectivity index (χ4n) is 3.04. The maximum Gasteiger partial charge on any atom is 0.112 e. The summed E-state index contributed by atoms with van der Waals surface area (Å²) >= 11 is 0. The summed E-state index contributed by atoms with van der Waals surface area (Å²) in [5, 5.41) is 8.18. The number of nitrogens with zero attached hydrogens (tertiary/aromatic N) is 4. The lowest BCUT2D eigenvalue weighted by molar-refractivity contribution is 0.296. The standard InChI is InChI=1S/C19H23FN4/c1-3-18-13-24(23-22-18)19(11-20)14(2)15-6-8-16(9-7-15)17-5-4-10-21-12-17/h4,6-10,12-14,17,19H,3,5,11H2,1-2H3/t14?,17?,19-/m1/s1. The Hall–Kier alpha value is -2.30. The van der Waals surface area contributed by atoms with Crippen LogP contribution in [0.1, 0.15) is 55.0 Å². The summed E-state index contributed by atoms with van der Waals surface area (Å²) in [7, 11) is 0. The fourth-order valence-corrected chi connectivity index (χ4v) is 3.04. The van der Waals surface area contributed by atoms with Crippen LogP contribution in [0.2, 0.25) is 0 Å². The summed E-state index contributed by atoms with van der Waals surface area (Å²) < 4.78 is 15.3. The number of aliphatic imine (C=N–C) groups is 1. The molecule has 0 radical (unpaired) electrons. The van der Waals surface area contributed by atoms with Crippen molar-refractivity contribution in [1.29, 1.82) is 0 Å². The molecule has 0 fully saturated rings. The number of halogens is 1. The van der Waals surface area contributed by atoms with Crippen molar-refractivity contribution in [3.63, 3.8) is 0 Å². The molecule has 24 heavy (non-hydrogen) atoms. The van der Waals surface area contributed by atoms with E-state index in [4.69, 9.17) is 0 Å². The van der Waals surface area contributed by atoms with Gasteiger partial charge in [-0.25, -0.2) is 9.07 Å². The van der Waals surface area contributed by atoms with E-state index in [1.54, 1.807) is 4.68 Å². The van der Waals surface area contributed by atoms with Crippen molar-refractivity contribution >= 4 is 6.21 Å². The highest BCUT2D eigenvalue weighted by molar-refractivity contribution is 5.69. The van der Waals surface area contributed by atoms with E-state index in [2.05, 4.69) is 45.6 Å². The molecular weight excluding hydrogens is 303 g/mol. The van der Waals surface area contributed by atoms with Crippen LogP contribution in [0.5, 0.6) is 0 Å². The van der Waals surface area contributed by atoms with Crippen LogP contribution in [-0.2, 0) is 6.42 Å². The number of alkyl halides is 1. The maximum atomic E-state index is 13.6. The van der Waals surface area contributed by atoms with Crippen LogP contribution in [0, 0.1) is 0 Å². The second kappa shape index (κ2) is 7.51. The van der Waals surface area contributed by atoms with Crippen molar-refractivity contribution in [2.75, 3.05) is 6.67 Å². The Bertz CT molecular complexity index is 717. The van der Waals surface area contributed by atoms with Gasteiger partial charge in [-0.1, -0.05) is 49.4 Å². The van der Waals surface area contributed by atoms with Crippen LogP contribution in [0.25, 0.3) is 0 Å². The van der Waals surface area contributed by atoms with E-state index in [1.807, 2.05) is 32.5 Å². The zero-order valence-corrected chi connectivity index (χ0v) is 14.1. The summed E-state index contributed by atoms with van der Waals surface area (Å²) in [6, 6.07) is 8.09. The van der Waals surface area contributed by atoms with E-state index >= 15 is 0 Å². The Labute approximate surface area is 142 Å². The van der Waals surface area contributed by atoms with Crippen molar-refractivity contribution < 1.29 is 4.39 Å². The molecule has 5 heteroatoms. The van der Waals surface area contributed by atoms with Crippen LogP contribution < -0.4 is 0 Å². The third-order valence-corrected chi connectivity index (χ3v) is 4.73. The molecule has 0 saturated heterocycles. The zero-order valence-electron chi connectivity index (χ0n) is 14.1. The molecule has 2 heterocycles. The minimum absolute atomic E-state index is 0.0235. The smallest absolute Gasteiger partial charge is 0.112 e. The third-order valence-electron chi connectivity index (χ3n) is 4.73. The van der Waals surface area contributed by atoms with Crippen LogP contribution >= 0.6 is 0 Å². The van der Waals surface area contributed by atoms with Crippen LogP contribution in [-0.4, -0.2) is 27.9 Å². The van der Waals surface area contributed by atoms with Gasteiger partial charge in [0.25, 0.3) is 0 Å². The molecule has 1 aromatic heterocycles. The van der Waals surface area contributed by atoms with Gasteiger partial charge in [0.2, 0.25) is 0 Å². The molecule has 126 valence electrons. The van der Waals surface area contributed by atoms with E-state index in [-0.39, 0.29) is 12.0 Å². The highest BCUT2D eigenvalue weighted by Gasteiger charge is 2.22. The van der Waals surface area contributed by atoms with Gasteiger partial charge in [-0.05, 0) is 24.0 Å². The molecule has 0 spiro atoms. The monoisotopic (exact) mass is 326 g/mol. The lowest BCUT2D eigenvalue weighted by Crippen LogP contribution is -2.19. The average molecular weight is 326 g/mol. The quantitative estimate of drug-likeness (QED) is 0.797. The Kier molecular flexibility index (Phi) is 5.18. The van der Waals surface area contributed by atoms with Gasteiger partial charge in [0.1, 0.15) is 6.67 Å². The second-order valence-corrected chi connectivity index (χ2v) is 6.25. The van der Waals surface area contributed by atoms with E-state index < -0.39 is 6.67 Å². The van der Waals surface area contributed by atoms with Crippen molar-refractivity contribution in [2.45, 2.75) is 44.6 Å². The molecule has 1 aliphatic heterocycles. The predicted octanol–water partition coefficient (Wildman–Crippen LogP) is 4.23. The molecule has 0 bridgehead atoms. The molecule has 1 aromatic carbocycles. The molecule has 2 aromatic rings. The molecule has 0 amide bonds. The molecule has 3 rings (SSSR count). The van der Waals surface area contributed by atoms with Crippen molar-refractivity contribution in [3.05, 3.63) is 59.6 Å². The van der Waals surface area contributed by atoms with Crippen molar-refractivity contribution in [1.82, 2.24) is 15.0 Å². The fraction of sp³-hybridized carbons (Fsp3) is 0.421. The van der Waals surface area contributed by atoms with Gasteiger partial charge in [-0.2, -0.15) is 0 Å². The molecule has 0 saturated carbocycles. The molecule has 0 N–H and O–H groups in total. The number of aromatic nitrogens is 3. The summed E-state index contributed by atoms with van der Waals surface area (Å²) in [5.74, 6) is 0.356. The summed E-state index contributed by atoms with van der Waals surface area (Å²) in [6.45, 7) is 3.59. The van der Waals surface area contributed by atoms with Crippen LogP contribution in [0.4, 0.5) is 4.39 Å². The number of allylic oxidation sites excluding steroid dienone is 1. The van der Waals surface area contributed by atoms with E-state index in [0.29, 0.717) is 5.92 Å². The first-order chi connectivity index (χ1) is 11.7. The highest BCUT2D eigenvalue weighted by Crippen LogP contribution is 2.30.